The lowest BCUT2D eigenvalue weighted by atomic mass is 10.1. The van der Waals surface area contributed by atoms with Gasteiger partial charge < -0.3 is 9.47 Å². The van der Waals surface area contributed by atoms with Crippen molar-refractivity contribution in [1.82, 2.24) is 5.43 Å². The zero-order valence-corrected chi connectivity index (χ0v) is 20.4. The van der Waals surface area contributed by atoms with E-state index in [0.717, 1.165) is 20.9 Å². The van der Waals surface area contributed by atoms with E-state index in [4.69, 9.17) is 21.1 Å². The maximum atomic E-state index is 12.8. The Balaban J connectivity index is 1.21. The highest BCUT2D eigenvalue weighted by molar-refractivity contribution is 7.21. The molecule has 36 heavy (non-hydrogen) atoms. The second-order valence-electron chi connectivity index (χ2n) is 7.76. The molecule has 1 aromatic heterocycles. The molecule has 0 radical (unpaired) electrons. The molecule has 6 nitrogen and oxygen atoms in total. The second kappa shape index (κ2) is 10.6. The number of rotatable bonds is 7. The van der Waals surface area contributed by atoms with E-state index in [1.807, 2.05) is 66.7 Å². The fourth-order valence-corrected chi connectivity index (χ4v) is 4.97. The van der Waals surface area contributed by atoms with E-state index in [2.05, 4.69) is 10.5 Å². The van der Waals surface area contributed by atoms with Crippen LogP contribution in [-0.4, -0.2) is 24.7 Å². The van der Waals surface area contributed by atoms with Crippen molar-refractivity contribution in [3.63, 3.8) is 0 Å². The zero-order chi connectivity index (χ0) is 24.9. The molecule has 1 N–H and O–H groups in total. The summed E-state index contributed by atoms with van der Waals surface area (Å²) in [6.45, 7) is -0.198. The fraction of sp³-hybridized carbons (Fsp3) is 0.0357. The molecular weight excluding hydrogens is 496 g/mol. The molecule has 8 heteroatoms. The van der Waals surface area contributed by atoms with Gasteiger partial charge in [-0.2, -0.15) is 5.10 Å². The number of fused-ring (bicyclic) bond motifs is 2. The number of para-hydroxylation sites is 1. The molecule has 0 fully saturated rings. The summed E-state index contributed by atoms with van der Waals surface area (Å²) in [5.74, 6) is -0.104. The van der Waals surface area contributed by atoms with Crippen molar-refractivity contribution >= 4 is 61.9 Å². The summed E-state index contributed by atoms with van der Waals surface area (Å²) in [7, 11) is 0. The summed E-state index contributed by atoms with van der Waals surface area (Å²) in [5.41, 5.74) is 2.94. The second-order valence-corrected chi connectivity index (χ2v) is 9.19. The smallest absolute Gasteiger partial charge is 0.355 e. The molecule has 4 aromatic carbocycles. The highest BCUT2D eigenvalue weighted by Crippen LogP contribution is 2.36. The van der Waals surface area contributed by atoms with Gasteiger partial charge in [-0.15, -0.1) is 11.3 Å². The first kappa shape index (κ1) is 23.5. The summed E-state index contributed by atoms with van der Waals surface area (Å²) in [4.78, 5) is 25.3. The number of carbonyl (C=O) groups excluding carboxylic acids is 2. The first-order valence-electron chi connectivity index (χ1n) is 11.0. The number of thiophene rings is 1. The lowest BCUT2D eigenvalue weighted by Gasteiger charge is -2.07. The van der Waals surface area contributed by atoms with E-state index >= 15 is 0 Å². The molecule has 5 aromatic rings. The van der Waals surface area contributed by atoms with Crippen molar-refractivity contribution < 1.29 is 19.1 Å². The highest BCUT2D eigenvalue weighted by atomic mass is 35.5. The zero-order valence-electron chi connectivity index (χ0n) is 18.8. The molecule has 0 atom stereocenters. The number of ether oxygens (including phenoxy) is 2. The molecule has 5 rings (SSSR count). The average Bonchev–Trinajstić information content (AvgIpc) is 3.25. The molecule has 0 saturated carbocycles. The largest absolute Gasteiger partial charge is 0.484 e. The van der Waals surface area contributed by atoms with E-state index in [-0.39, 0.29) is 6.61 Å². The summed E-state index contributed by atoms with van der Waals surface area (Å²) < 4.78 is 12.1. The van der Waals surface area contributed by atoms with Gasteiger partial charge in [-0.05, 0) is 41.1 Å². The summed E-state index contributed by atoms with van der Waals surface area (Å²) in [5, 5.41) is 7.26. The Morgan fingerprint density at radius 3 is 2.53 bits per heavy atom. The molecule has 178 valence electrons. The van der Waals surface area contributed by atoms with Crippen LogP contribution < -0.4 is 14.9 Å². The van der Waals surface area contributed by atoms with Crippen LogP contribution in [0.4, 0.5) is 0 Å². The van der Waals surface area contributed by atoms with E-state index < -0.39 is 11.9 Å². The van der Waals surface area contributed by atoms with E-state index in [0.29, 0.717) is 27.0 Å². The lowest BCUT2D eigenvalue weighted by molar-refractivity contribution is -0.123. The molecule has 1 amide bonds. The Labute approximate surface area is 215 Å². The Bertz CT molecular complexity index is 1610. The van der Waals surface area contributed by atoms with Crippen LogP contribution >= 0.6 is 22.9 Å². The highest BCUT2D eigenvalue weighted by Gasteiger charge is 2.19. The molecule has 0 aliphatic carbocycles. The van der Waals surface area contributed by atoms with Crippen molar-refractivity contribution in [1.29, 1.82) is 0 Å². The SMILES string of the molecule is O=C(COc1ccc2ccccc2c1)NN=Cc1ccccc1OC(=O)c1sc2ccccc2c1Cl. The number of esters is 1. The van der Waals surface area contributed by atoms with Crippen LogP contribution in [0.2, 0.25) is 5.02 Å². The van der Waals surface area contributed by atoms with E-state index in [9.17, 15) is 9.59 Å². The fourth-order valence-electron chi connectivity index (χ4n) is 3.58. The van der Waals surface area contributed by atoms with Crippen LogP contribution in [0.1, 0.15) is 15.2 Å². The minimum Gasteiger partial charge on any atom is -0.484 e. The van der Waals surface area contributed by atoms with Gasteiger partial charge in [-0.1, -0.05) is 72.3 Å². The van der Waals surface area contributed by atoms with Crippen molar-refractivity contribution in [2.75, 3.05) is 6.61 Å². The number of hydrogen-bond acceptors (Lipinski definition) is 6. The van der Waals surface area contributed by atoms with E-state index in [1.54, 1.807) is 24.3 Å². The monoisotopic (exact) mass is 514 g/mol. The number of benzene rings is 4. The number of amides is 1. The third kappa shape index (κ3) is 5.22. The number of halogens is 1. The van der Waals surface area contributed by atoms with Crippen molar-refractivity contribution in [3.8, 4) is 11.5 Å². The predicted molar refractivity (Wildman–Crippen MR) is 143 cm³/mol. The molecule has 0 unspecified atom stereocenters. The van der Waals surface area contributed by atoms with Crippen molar-refractivity contribution in [3.05, 3.63) is 106 Å². The van der Waals surface area contributed by atoms with Crippen LogP contribution in [0.3, 0.4) is 0 Å². The molecule has 0 aliphatic heterocycles. The average molecular weight is 515 g/mol. The quantitative estimate of drug-likeness (QED) is 0.117. The van der Waals surface area contributed by atoms with Gasteiger partial charge in [-0.3, -0.25) is 4.79 Å². The maximum Gasteiger partial charge on any atom is 0.355 e. The molecule has 1 heterocycles. The molecule has 0 aliphatic rings. The van der Waals surface area contributed by atoms with Crippen LogP contribution in [0.15, 0.2) is 96.1 Å². The number of nitrogens with one attached hydrogen (secondary N) is 1. The van der Waals surface area contributed by atoms with Gasteiger partial charge in [0.05, 0.1) is 11.2 Å². The third-order valence-electron chi connectivity index (χ3n) is 5.33. The van der Waals surface area contributed by atoms with Gasteiger partial charge in [0.25, 0.3) is 5.91 Å². The van der Waals surface area contributed by atoms with Gasteiger partial charge in [0.1, 0.15) is 16.4 Å². The molecule has 0 bridgehead atoms. The predicted octanol–water partition coefficient (Wildman–Crippen LogP) is 6.46. The summed E-state index contributed by atoms with van der Waals surface area (Å²) in [6.07, 6.45) is 1.41. The minimum absolute atomic E-state index is 0.198. The van der Waals surface area contributed by atoms with Crippen molar-refractivity contribution in [2.24, 2.45) is 5.10 Å². The van der Waals surface area contributed by atoms with Gasteiger partial charge in [0.2, 0.25) is 0 Å². The van der Waals surface area contributed by atoms with Crippen LogP contribution in [0, 0.1) is 0 Å². The lowest BCUT2D eigenvalue weighted by Crippen LogP contribution is -2.24. The Morgan fingerprint density at radius 1 is 0.917 bits per heavy atom. The number of hydrazone groups is 1. The Hall–Kier alpha value is -4.20. The van der Waals surface area contributed by atoms with Gasteiger partial charge in [-0.25, -0.2) is 10.2 Å². The molecular formula is C28H19ClN2O4S. The van der Waals surface area contributed by atoms with E-state index in [1.165, 1.54) is 17.6 Å². The first-order valence-corrected chi connectivity index (χ1v) is 12.2. The van der Waals surface area contributed by atoms with Gasteiger partial charge in [0.15, 0.2) is 6.61 Å². The summed E-state index contributed by atoms with van der Waals surface area (Å²) in [6, 6.07) is 27.9. The normalized spacial score (nSPS) is 11.1. The van der Waals surface area contributed by atoms with Crippen LogP contribution in [-0.2, 0) is 4.79 Å². The van der Waals surface area contributed by atoms with Crippen LogP contribution in [0.25, 0.3) is 20.9 Å². The van der Waals surface area contributed by atoms with Crippen LogP contribution in [0.5, 0.6) is 11.5 Å². The Kier molecular flexibility index (Phi) is 6.93. The first-order chi connectivity index (χ1) is 17.6. The summed E-state index contributed by atoms with van der Waals surface area (Å²) >= 11 is 7.67. The number of hydrogen-bond donors (Lipinski definition) is 1. The van der Waals surface area contributed by atoms with Gasteiger partial charge in [0, 0.05) is 15.6 Å². The third-order valence-corrected chi connectivity index (χ3v) is 6.98. The minimum atomic E-state index is -0.560. The molecule has 0 saturated heterocycles. The molecule has 0 spiro atoms. The van der Waals surface area contributed by atoms with Gasteiger partial charge >= 0.3 is 5.97 Å². The standard InChI is InChI=1S/C28H19ClN2O4S/c29-26-22-10-4-6-12-24(22)36-27(26)28(33)35-23-11-5-3-9-20(23)16-30-31-25(32)17-34-21-14-13-18-7-1-2-8-19(18)15-21/h1-16H,17H2,(H,31,32). The number of carbonyl (C=O) groups is 2. The van der Waals surface area contributed by atoms with Crippen molar-refractivity contribution in [2.45, 2.75) is 0 Å². The Morgan fingerprint density at radius 2 is 1.67 bits per heavy atom. The maximum absolute atomic E-state index is 12.8. The topological polar surface area (TPSA) is 77.0 Å². The number of nitrogens with zero attached hydrogens (tertiary/aromatic N) is 1.